The van der Waals surface area contributed by atoms with Gasteiger partial charge in [0.1, 0.15) is 5.58 Å². The molecule has 0 atom stereocenters. The summed E-state index contributed by atoms with van der Waals surface area (Å²) in [4.78, 5) is 15.9. The van der Waals surface area contributed by atoms with Gasteiger partial charge in [0.25, 0.3) is 0 Å². The van der Waals surface area contributed by atoms with Gasteiger partial charge in [-0.25, -0.2) is 0 Å². The molecule has 1 amide bonds. The Kier molecular flexibility index (Phi) is 6.28. The molecular formula is C34H33N3O2. The third-order valence-corrected chi connectivity index (χ3v) is 8.32. The molecule has 2 aliphatic rings. The minimum absolute atomic E-state index is 0.0966. The zero-order valence-electron chi connectivity index (χ0n) is 22.1. The Morgan fingerprint density at radius 2 is 1.64 bits per heavy atom. The number of furan rings is 1. The Morgan fingerprint density at radius 1 is 0.846 bits per heavy atom. The average molecular weight is 516 g/mol. The number of amides is 1. The number of aromatic nitrogens is 2. The first kappa shape index (κ1) is 24.0. The second-order valence-corrected chi connectivity index (χ2v) is 11.1. The lowest BCUT2D eigenvalue weighted by Gasteiger charge is -2.30. The van der Waals surface area contributed by atoms with Crippen LogP contribution in [0, 0.1) is 5.92 Å². The van der Waals surface area contributed by atoms with E-state index in [0.717, 1.165) is 70.2 Å². The van der Waals surface area contributed by atoms with E-state index in [9.17, 15) is 4.79 Å². The average Bonchev–Trinajstić information content (AvgIpc) is 3.52. The molecule has 0 saturated heterocycles. The molecule has 7 rings (SSSR count). The highest BCUT2D eigenvalue weighted by Gasteiger charge is 2.28. The van der Waals surface area contributed by atoms with Crippen molar-refractivity contribution in [1.29, 1.82) is 0 Å². The second kappa shape index (κ2) is 10.2. The van der Waals surface area contributed by atoms with Gasteiger partial charge in [-0.2, -0.15) is 5.10 Å². The van der Waals surface area contributed by atoms with Crippen LogP contribution >= 0.6 is 0 Å². The summed E-state index contributed by atoms with van der Waals surface area (Å²) in [6.07, 6.45) is 13.7. The van der Waals surface area contributed by atoms with Crippen molar-refractivity contribution in [2.24, 2.45) is 5.92 Å². The van der Waals surface area contributed by atoms with Crippen molar-refractivity contribution in [3.05, 3.63) is 97.0 Å². The van der Waals surface area contributed by atoms with Crippen LogP contribution in [0.25, 0.3) is 33.2 Å². The number of hydrogen-bond donors (Lipinski definition) is 0. The number of carbonyl (C=O) groups is 1. The van der Waals surface area contributed by atoms with Crippen LogP contribution in [0.4, 0.5) is 5.69 Å². The summed E-state index contributed by atoms with van der Waals surface area (Å²) in [5.74, 6) is 0.340. The normalized spacial score (nSPS) is 16.0. The third-order valence-electron chi connectivity index (χ3n) is 8.32. The Hall–Kier alpha value is -4.12. The number of rotatable bonds is 7. The lowest BCUT2D eigenvalue weighted by molar-refractivity contribution is -0.123. The van der Waals surface area contributed by atoms with Crippen molar-refractivity contribution in [3.63, 3.8) is 0 Å². The molecule has 196 valence electrons. The van der Waals surface area contributed by atoms with Gasteiger partial charge < -0.3 is 9.32 Å². The predicted octanol–water partition coefficient (Wildman–Crippen LogP) is 8.41. The van der Waals surface area contributed by atoms with Crippen molar-refractivity contribution in [2.45, 2.75) is 57.5 Å². The van der Waals surface area contributed by atoms with Gasteiger partial charge in [-0.3, -0.25) is 9.48 Å². The minimum Gasteiger partial charge on any atom is -0.464 e. The maximum atomic E-state index is 13.9. The second-order valence-electron chi connectivity index (χ2n) is 11.1. The van der Waals surface area contributed by atoms with Crippen molar-refractivity contribution in [2.75, 3.05) is 4.90 Å². The molecule has 0 radical (unpaired) electrons. The largest absolute Gasteiger partial charge is 0.464 e. The van der Waals surface area contributed by atoms with Gasteiger partial charge in [-0.05, 0) is 72.2 Å². The number of hydrogen-bond acceptors (Lipinski definition) is 3. The van der Waals surface area contributed by atoms with E-state index >= 15 is 0 Å². The van der Waals surface area contributed by atoms with Crippen LogP contribution < -0.4 is 4.90 Å². The van der Waals surface area contributed by atoms with E-state index < -0.39 is 0 Å². The molecule has 2 saturated carbocycles. The minimum atomic E-state index is 0.0966. The van der Waals surface area contributed by atoms with Gasteiger partial charge in [0.15, 0.2) is 0 Å². The molecule has 5 heteroatoms. The van der Waals surface area contributed by atoms with Gasteiger partial charge in [0, 0.05) is 28.8 Å². The molecular weight excluding hydrogens is 482 g/mol. The fourth-order valence-electron chi connectivity index (χ4n) is 5.87. The van der Waals surface area contributed by atoms with Crippen molar-refractivity contribution >= 4 is 22.6 Å². The Balaban J connectivity index is 1.17. The van der Waals surface area contributed by atoms with E-state index in [-0.39, 0.29) is 11.8 Å². The first-order valence-electron chi connectivity index (χ1n) is 14.2. The SMILES string of the molecule is O=C(C1CCCCC1)N(Cc1ccc(-c2ccc3ccoc3c2)cc1)c1cccc(-c2cnn(C3CC3)c2)c1. The third kappa shape index (κ3) is 5.01. The Bertz CT molecular complexity index is 1600. The maximum Gasteiger partial charge on any atom is 0.230 e. The van der Waals surface area contributed by atoms with Gasteiger partial charge >= 0.3 is 0 Å². The van der Waals surface area contributed by atoms with Gasteiger partial charge in [-0.15, -0.1) is 0 Å². The number of anilines is 1. The molecule has 2 aliphatic carbocycles. The summed E-state index contributed by atoms with van der Waals surface area (Å²) in [5.41, 5.74) is 7.43. The van der Waals surface area contributed by atoms with E-state index in [1.54, 1.807) is 6.26 Å². The topological polar surface area (TPSA) is 51.3 Å². The van der Waals surface area contributed by atoms with Crippen LogP contribution in [0.15, 0.2) is 95.9 Å². The van der Waals surface area contributed by atoms with Crippen molar-refractivity contribution in [1.82, 2.24) is 9.78 Å². The lowest BCUT2D eigenvalue weighted by atomic mass is 9.88. The number of benzene rings is 3. The molecule has 2 aromatic heterocycles. The Morgan fingerprint density at radius 3 is 2.46 bits per heavy atom. The molecule has 3 aromatic carbocycles. The summed E-state index contributed by atoms with van der Waals surface area (Å²) in [5, 5.41) is 5.69. The first-order chi connectivity index (χ1) is 19.2. The molecule has 2 heterocycles. The highest BCUT2D eigenvalue weighted by atomic mass is 16.3. The molecule has 0 spiro atoms. The number of nitrogens with zero attached hydrogens (tertiary/aromatic N) is 3. The zero-order valence-corrected chi connectivity index (χ0v) is 22.1. The van der Waals surface area contributed by atoms with Crippen LogP contribution in [0.2, 0.25) is 0 Å². The van der Waals surface area contributed by atoms with Crippen LogP contribution in [0.5, 0.6) is 0 Å². The maximum absolute atomic E-state index is 13.9. The molecule has 0 aliphatic heterocycles. The number of fused-ring (bicyclic) bond motifs is 1. The van der Waals surface area contributed by atoms with E-state index in [0.29, 0.717) is 12.6 Å². The molecule has 5 nitrogen and oxygen atoms in total. The zero-order chi connectivity index (χ0) is 26.2. The van der Waals surface area contributed by atoms with E-state index in [2.05, 4.69) is 82.7 Å². The molecule has 2 fully saturated rings. The van der Waals surface area contributed by atoms with Crippen LogP contribution in [0.1, 0.15) is 56.6 Å². The van der Waals surface area contributed by atoms with E-state index in [4.69, 9.17) is 4.42 Å². The van der Waals surface area contributed by atoms with Crippen molar-refractivity contribution in [3.8, 4) is 22.3 Å². The summed E-state index contributed by atoms with van der Waals surface area (Å²) in [6.45, 7) is 0.553. The molecule has 5 aromatic rings. The van der Waals surface area contributed by atoms with E-state index in [1.807, 2.05) is 17.2 Å². The van der Waals surface area contributed by atoms with Gasteiger partial charge in [0.2, 0.25) is 5.91 Å². The molecule has 0 unspecified atom stereocenters. The molecule has 39 heavy (non-hydrogen) atoms. The summed E-state index contributed by atoms with van der Waals surface area (Å²) in [6, 6.07) is 25.8. The van der Waals surface area contributed by atoms with Crippen molar-refractivity contribution < 1.29 is 9.21 Å². The molecule has 0 bridgehead atoms. The van der Waals surface area contributed by atoms with Crippen LogP contribution in [0.3, 0.4) is 0 Å². The monoisotopic (exact) mass is 515 g/mol. The lowest BCUT2D eigenvalue weighted by Crippen LogP contribution is -2.36. The summed E-state index contributed by atoms with van der Waals surface area (Å²) in [7, 11) is 0. The summed E-state index contributed by atoms with van der Waals surface area (Å²) >= 11 is 0. The predicted molar refractivity (Wildman–Crippen MR) is 155 cm³/mol. The van der Waals surface area contributed by atoms with Gasteiger partial charge in [-0.1, -0.05) is 67.8 Å². The van der Waals surface area contributed by atoms with Gasteiger partial charge in [0.05, 0.1) is 25.0 Å². The number of carbonyl (C=O) groups excluding carboxylic acids is 1. The summed E-state index contributed by atoms with van der Waals surface area (Å²) < 4.78 is 7.68. The smallest absolute Gasteiger partial charge is 0.230 e. The van der Waals surface area contributed by atoms with E-state index in [1.165, 1.54) is 19.3 Å². The standard InChI is InChI=1S/C34H33N3O2/c38-34(27-5-2-1-3-6-27)36(32-8-4-7-28(19-32)30-21-35-37(23-30)31-15-16-31)22-24-9-11-25(12-10-24)29-14-13-26-17-18-39-33(26)20-29/h4,7-14,17-21,23,27,31H,1-3,5-6,15-16,22H2. The van der Waals surface area contributed by atoms with Crippen LogP contribution in [-0.4, -0.2) is 15.7 Å². The van der Waals surface area contributed by atoms with Crippen LogP contribution in [-0.2, 0) is 11.3 Å². The quantitative estimate of drug-likeness (QED) is 0.219. The fourth-order valence-corrected chi connectivity index (χ4v) is 5.87. The fraction of sp³-hybridized carbons (Fsp3) is 0.294. The highest BCUT2D eigenvalue weighted by molar-refractivity contribution is 5.95. The highest BCUT2D eigenvalue weighted by Crippen LogP contribution is 2.36. The Labute approximate surface area is 229 Å². The molecule has 0 N–H and O–H groups in total. The first-order valence-corrected chi connectivity index (χ1v) is 14.2.